The average Bonchev–Trinajstić information content (AvgIpc) is 3.13. The Labute approximate surface area is 171 Å². The first-order valence-electron chi connectivity index (χ1n) is 8.76. The van der Waals surface area contributed by atoms with E-state index in [9.17, 15) is 14.7 Å². The lowest BCUT2D eigenvalue weighted by Crippen LogP contribution is -2.27. The van der Waals surface area contributed by atoms with Gasteiger partial charge in [-0.1, -0.05) is 23.5 Å². The second kappa shape index (κ2) is 9.16. The molecule has 0 aliphatic heterocycles. The van der Waals surface area contributed by atoms with Crippen LogP contribution in [0.3, 0.4) is 0 Å². The molecule has 0 bridgehead atoms. The summed E-state index contributed by atoms with van der Waals surface area (Å²) in [5, 5.41) is 18.6. The van der Waals surface area contributed by atoms with Gasteiger partial charge in [-0.05, 0) is 42.8 Å². The minimum Gasteiger partial charge on any atom is -0.550 e. The van der Waals surface area contributed by atoms with Crippen molar-refractivity contribution in [1.82, 2.24) is 10.4 Å². The maximum Gasteiger partial charge on any atom is 0.259 e. The number of carbonyl (C=O) groups excluding carboxylic acids is 2. The summed E-state index contributed by atoms with van der Waals surface area (Å²) in [6.45, 7) is 1.74. The third-order valence-corrected chi connectivity index (χ3v) is 5.07. The first kappa shape index (κ1) is 20.3. The number of carboxylic acid groups (broad SMARTS) is 1. The van der Waals surface area contributed by atoms with E-state index in [2.05, 4.69) is 20.8 Å². The fraction of sp³-hybridized carbons (Fsp3) is 0.200. The molecule has 8 nitrogen and oxygen atoms in total. The van der Waals surface area contributed by atoms with E-state index in [4.69, 9.17) is 4.74 Å². The summed E-state index contributed by atoms with van der Waals surface area (Å²) in [4.78, 5) is 27.4. The summed E-state index contributed by atoms with van der Waals surface area (Å²) < 4.78 is 6.20. The molecule has 2 N–H and O–H groups in total. The molecular formula is C20H19N4O4S-. The predicted octanol–water partition coefficient (Wildman–Crippen LogP) is 1.55. The SMILES string of the molecule is COc1ccc(/C(C)=N\NC(=O)CNc2nc3ccccc3s2)cc1CC(=O)[O-]. The van der Waals surface area contributed by atoms with Gasteiger partial charge < -0.3 is 20.0 Å². The fourth-order valence-electron chi connectivity index (χ4n) is 2.65. The lowest BCUT2D eigenvalue weighted by molar-refractivity contribution is -0.304. The number of methoxy groups -OCH3 is 1. The van der Waals surface area contributed by atoms with Crippen LogP contribution in [0.15, 0.2) is 47.6 Å². The number of anilines is 1. The number of nitrogens with one attached hydrogen (secondary N) is 2. The van der Waals surface area contributed by atoms with E-state index < -0.39 is 5.97 Å². The Bertz CT molecular complexity index is 1040. The molecule has 3 aromatic rings. The first-order chi connectivity index (χ1) is 14.0. The normalized spacial score (nSPS) is 11.3. The highest BCUT2D eigenvalue weighted by molar-refractivity contribution is 7.22. The maximum absolute atomic E-state index is 12.1. The number of nitrogens with zero attached hydrogens (tertiary/aromatic N) is 2. The van der Waals surface area contributed by atoms with Gasteiger partial charge in [0, 0.05) is 18.0 Å². The van der Waals surface area contributed by atoms with E-state index in [1.807, 2.05) is 24.3 Å². The molecule has 1 amide bonds. The number of amides is 1. The number of thiazole rings is 1. The topological polar surface area (TPSA) is 116 Å². The number of rotatable bonds is 8. The highest BCUT2D eigenvalue weighted by Gasteiger charge is 2.08. The Balaban J connectivity index is 1.61. The molecule has 0 spiro atoms. The number of fused-ring (bicyclic) bond motifs is 1. The van der Waals surface area contributed by atoms with Gasteiger partial charge in [-0.2, -0.15) is 5.10 Å². The number of hydrogen-bond donors (Lipinski definition) is 2. The van der Waals surface area contributed by atoms with Gasteiger partial charge in [0.25, 0.3) is 5.91 Å². The summed E-state index contributed by atoms with van der Waals surface area (Å²) in [7, 11) is 1.47. The fourth-order valence-corrected chi connectivity index (χ4v) is 3.51. The molecular weight excluding hydrogens is 392 g/mol. The third-order valence-electron chi connectivity index (χ3n) is 4.08. The predicted molar refractivity (Wildman–Crippen MR) is 110 cm³/mol. The Morgan fingerprint density at radius 1 is 1.24 bits per heavy atom. The zero-order valence-electron chi connectivity index (χ0n) is 15.9. The van der Waals surface area contributed by atoms with Crippen molar-refractivity contribution >= 4 is 44.3 Å². The van der Waals surface area contributed by atoms with Crippen LogP contribution in [-0.4, -0.2) is 36.2 Å². The molecule has 0 saturated carbocycles. The number of hydrazone groups is 1. The lowest BCUT2D eigenvalue weighted by Gasteiger charge is -2.11. The van der Waals surface area contributed by atoms with E-state index in [0.717, 1.165) is 10.2 Å². The van der Waals surface area contributed by atoms with Crippen molar-refractivity contribution in [3.05, 3.63) is 53.6 Å². The standard InChI is InChI=1S/C20H20N4O4S/c1-12(13-7-8-16(28-2)14(9-13)10-19(26)27)23-24-18(25)11-21-20-22-15-5-3-4-6-17(15)29-20/h3-9H,10-11H2,1-2H3,(H,21,22)(H,24,25)(H,26,27)/p-1/b23-12-. The molecule has 0 unspecified atom stereocenters. The van der Waals surface area contributed by atoms with Gasteiger partial charge in [0.2, 0.25) is 0 Å². The van der Waals surface area contributed by atoms with Crippen molar-refractivity contribution in [2.45, 2.75) is 13.3 Å². The zero-order chi connectivity index (χ0) is 20.8. The van der Waals surface area contributed by atoms with E-state index in [1.165, 1.54) is 18.4 Å². The van der Waals surface area contributed by atoms with Crippen molar-refractivity contribution in [3.8, 4) is 5.75 Å². The molecule has 29 heavy (non-hydrogen) atoms. The van der Waals surface area contributed by atoms with E-state index >= 15 is 0 Å². The van der Waals surface area contributed by atoms with Crippen molar-refractivity contribution in [1.29, 1.82) is 0 Å². The molecule has 9 heteroatoms. The van der Waals surface area contributed by atoms with Crippen LogP contribution in [0, 0.1) is 0 Å². The summed E-state index contributed by atoms with van der Waals surface area (Å²) in [5.74, 6) is -1.08. The van der Waals surface area contributed by atoms with Gasteiger partial charge in [-0.25, -0.2) is 10.4 Å². The largest absolute Gasteiger partial charge is 0.550 e. The van der Waals surface area contributed by atoms with Gasteiger partial charge in [0.15, 0.2) is 5.13 Å². The molecule has 0 radical (unpaired) electrons. The van der Waals surface area contributed by atoms with Gasteiger partial charge in [-0.3, -0.25) is 4.79 Å². The molecule has 0 fully saturated rings. The number of benzene rings is 2. The number of aliphatic carboxylic acids is 1. The van der Waals surface area contributed by atoms with E-state index in [1.54, 1.807) is 25.1 Å². The maximum atomic E-state index is 12.1. The Hall–Kier alpha value is -3.46. The Morgan fingerprint density at radius 2 is 2.03 bits per heavy atom. The van der Waals surface area contributed by atoms with Crippen molar-refractivity contribution in [2.24, 2.45) is 5.10 Å². The first-order valence-corrected chi connectivity index (χ1v) is 9.57. The summed E-state index contributed by atoms with van der Waals surface area (Å²) in [6.07, 6.45) is -0.275. The van der Waals surface area contributed by atoms with Crippen LogP contribution in [-0.2, 0) is 16.0 Å². The number of hydrogen-bond acceptors (Lipinski definition) is 8. The highest BCUT2D eigenvalue weighted by Crippen LogP contribution is 2.25. The second-order valence-electron chi connectivity index (χ2n) is 6.15. The van der Waals surface area contributed by atoms with Crippen LogP contribution in [0.1, 0.15) is 18.1 Å². The lowest BCUT2D eigenvalue weighted by atomic mass is 10.0. The van der Waals surface area contributed by atoms with Crippen LogP contribution in [0.25, 0.3) is 10.2 Å². The molecule has 0 aliphatic rings. The molecule has 2 aromatic carbocycles. The zero-order valence-corrected chi connectivity index (χ0v) is 16.7. The van der Waals surface area contributed by atoms with Crippen LogP contribution < -0.4 is 20.6 Å². The number of carboxylic acids is 1. The number of aromatic nitrogens is 1. The minimum atomic E-state index is -1.20. The van der Waals surface area contributed by atoms with Crippen LogP contribution in [0.2, 0.25) is 0 Å². The minimum absolute atomic E-state index is 0.0230. The summed E-state index contributed by atoms with van der Waals surface area (Å²) in [6, 6.07) is 12.8. The highest BCUT2D eigenvalue weighted by atomic mass is 32.1. The quantitative estimate of drug-likeness (QED) is 0.429. The van der Waals surface area contributed by atoms with Gasteiger partial charge in [-0.15, -0.1) is 0 Å². The molecule has 0 atom stereocenters. The summed E-state index contributed by atoms with van der Waals surface area (Å²) >= 11 is 1.47. The van der Waals surface area contributed by atoms with Crippen LogP contribution in [0.5, 0.6) is 5.75 Å². The Kier molecular flexibility index (Phi) is 6.40. The van der Waals surface area contributed by atoms with Crippen LogP contribution in [0.4, 0.5) is 5.13 Å². The molecule has 0 aliphatic carbocycles. The van der Waals surface area contributed by atoms with Gasteiger partial charge in [0.1, 0.15) is 5.75 Å². The monoisotopic (exact) mass is 411 g/mol. The summed E-state index contributed by atoms with van der Waals surface area (Å²) in [5.41, 5.74) is 5.02. The van der Waals surface area contributed by atoms with E-state index in [-0.39, 0.29) is 18.9 Å². The smallest absolute Gasteiger partial charge is 0.259 e. The van der Waals surface area contributed by atoms with Crippen molar-refractivity contribution < 1.29 is 19.4 Å². The van der Waals surface area contributed by atoms with E-state index in [0.29, 0.717) is 27.7 Å². The Morgan fingerprint density at radius 3 is 2.76 bits per heavy atom. The average molecular weight is 411 g/mol. The molecule has 0 saturated heterocycles. The van der Waals surface area contributed by atoms with Crippen molar-refractivity contribution in [3.63, 3.8) is 0 Å². The third kappa shape index (κ3) is 5.29. The van der Waals surface area contributed by atoms with Crippen molar-refractivity contribution in [2.75, 3.05) is 19.0 Å². The van der Waals surface area contributed by atoms with Gasteiger partial charge in [0.05, 0.1) is 29.6 Å². The number of ether oxygens (including phenoxy) is 1. The molecule has 3 rings (SSSR count). The molecule has 1 aromatic heterocycles. The second-order valence-corrected chi connectivity index (χ2v) is 7.18. The molecule has 1 heterocycles. The number of para-hydroxylation sites is 1. The molecule has 150 valence electrons. The number of carbonyl (C=O) groups is 2. The van der Waals surface area contributed by atoms with Gasteiger partial charge >= 0.3 is 0 Å². The van der Waals surface area contributed by atoms with Crippen LogP contribution >= 0.6 is 11.3 Å².